The molecule has 0 saturated carbocycles. The number of hydrogen-bond acceptors (Lipinski definition) is 7. The summed E-state index contributed by atoms with van der Waals surface area (Å²) in [6, 6.07) is 2.82. The summed E-state index contributed by atoms with van der Waals surface area (Å²) in [5.74, 6) is -0.845. The van der Waals surface area contributed by atoms with Gasteiger partial charge in [0.1, 0.15) is 0 Å². The first-order valence-corrected chi connectivity index (χ1v) is 9.32. The Morgan fingerprint density at radius 1 is 1.11 bits per heavy atom. The van der Waals surface area contributed by atoms with Crippen LogP contribution >= 0.6 is 11.6 Å². The number of methoxy groups -OCH3 is 2. The third-order valence-corrected chi connectivity index (χ3v) is 4.74. The molecule has 154 valence electrons. The van der Waals surface area contributed by atoms with E-state index < -0.39 is 12.6 Å². The smallest absolute Gasteiger partial charge is 0.338 e. The molecule has 1 amide bonds. The van der Waals surface area contributed by atoms with Crippen molar-refractivity contribution in [3.05, 3.63) is 22.7 Å². The largest absolute Gasteiger partial charge is 0.493 e. The monoisotopic (exact) mass is 413 g/mol. The molecule has 0 spiro atoms. The van der Waals surface area contributed by atoms with E-state index in [1.54, 1.807) is 11.8 Å². The van der Waals surface area contributed by atoms with Crippen LogP contribution in [0.25, 0.3) is 0 Å². The van der Waals surface area contributed by atoms with E-state index in [0.717, 1.165) is 0 Å². The predicted molar refractivity (Wildman–Crippen MR) is 101 cm³/mol. The summed E-state index contributed by atoms with van der Waals surface area (Å²) in [6.45, 7) is 2.55. The van der Waals surface area contributed by atoms with E-state index >= 15 is 0 Å². The number of likely N-dealkylation sites (tertiary alicyclic amines) is 1. The fraction of sp³-hybridized carbons (Fsp3) is 0.526. The second-order valence-corrected chi connectivity index (χ2v) is 6.58. The first kappa shape index (κ1) is 21.8. The summed E-state index contributed by atoms with van der Waals surface area (Å²) >= 11 is 6.08. The van der Waals surface area contributed by atoms with Gasteiger partial charge in [-0.3, -0.25) is 9.59 Å². The third-order valence-electron chi connectivity index (χ3n) is 4.46. The van der Waals surface area contributed by atoms with Gasteiger partial charge in [0.15, 0.2) is 18.1 Å². The highest BCUT2D eigenvalue weighted by atomic mass is 35.5. The van der Waals surface area contributed by atoms with Crippen molar-refractivity contribution >= 4 is 29.4 Å². The predicted octanol–water partition coefficient (Wildman–Crippen LogP) is 2.32. The van der Waals surface area contributed by atoms with E-state index in [4.69, 9.17) is 30.5 Å². The van der Waals surface area contributed by atoms with Gasteiger partial charge in [0.25, 0.3) is 5.91 Å². The number of piperidine rings is 1. The molecular weight excluding hydrogens is 390 g/mol. The molecule has 0 aromatic heterocycles. The van der Waals surface area contributed by atoms with E-state index in [9.17, 15) is 14.4 Å². The number of ether oxygens (including phenoxy) is 4. The highest BCUT2D eigenvalue weighted by Gasteiger charge is 2.28. The number of hydrogen-bond donors (Lipinski definition) is 0. The first-order chi connectivity index (χ1) is 13.4. The molecule has 8 nitrogen and oxygen atoms in total. The van der Waals surface area contributed by atoms with Gasteiger partial charge in [0, 0.05) is 13.1 Å². The zero-order chi connectivity index (χ0) is 20.7. The fourth-order valence-electron chi connectivity index (χ4n) is 2.96. The summed E-state index contributed by atoms with van der Waals surface area (Å²) < 4.78 is 20.4. The van der Waals surface area contributed by atoms with Crippen molar-refractivity contribution in [3.63, 3.8) is 0 Å². The Hall–Kier alpha value is -2.48. The maximum absolute atomic E-state index is 12.3. The van der Waals surface area contributed by atoms with E-state index in [1.165, 1.54) is 26.4 Å². The average Bonchev–Trinajstić information content (AvgIpc) is 2.71. The summed E-state index contributed by atoms with van der Waals surface area (Å²) in [5, 5.41) is 0.196. The summed E-state index contributed by atoms with van der Waals surface area (Å²) in [4.78, 5) is 37.9. The number of nitrogens with zero attached hydrogens (tertiary/aromatic N) is 1. The lowest BCUT2D eigenvalue weighted by atomic mass is 9.97. The minimum Gasteiger partial charge on any atom is -0.493 e. The third kappa shape index (κ3) is 5.28. The lowest BCUT2D eigenvalue weighted by Gasteiger charge is -2.30. The number of esters is 2. The highest BCUT2D eigenvalue weighted by Crippen LogP contribution is 2.36. The minimum absolute atomic E-state index is 0.150. The van der Waals surface area contributed by atoms with Crippen LogP contribution in [0.1, 0.15) is 30.1 Å². The zero-order valence-corrected chi connectivity index (χ0v) is 16.9. The van der Waals surface area contributed by atoms with Gasteiger partial charge >= 0.3 is 11.9 Å². The van der Waals surface area contributed by atoms with Crippen molar-refractivity contribution in [2.24, 2.45) is 5.92 Å². The van der Waals surface area contributed by atoms with Gasteiger partial charge in [-0.15, -0.1) is 0 Å². The van der Waals surface area contributed by atoms with Gasteiger partial charge in [-0.1, -0.05) is 11.6 Å². The number of rotatable bonds is 7. The highest BCUT2D eigenvalue weighted by molar-refractivity contribution is 6.32. The van der Waals surface area contributed by atoms with Gasteiger partial charge in [-0.05, 0) is 31.9 Å². The fourth-order valence-corrected chi connectivity index (χ4v) is 3.25. The molecule has 0 bridgehead atoms. The van der Waals surface area contributed by atoms with Gasteiger partial charge in [0.2, 0.25) is 0 Å². The lowest BCUT2D eigenvalue weighted by Crippen LogP contribution is -2.42. The molecule has 1 saturated heterocycles. The molecule has 0 N–H and O–H groups in total. The van der Waals surface area contributed by atoms with Crippen molar-refractivity contribution in [3.8, 4) is 11.5 Å². The van der Waals surface area contributed by atoms with Gasteiger partial charge < -0.3 is 23.8 Å². The van der Waals surface area contributed by atoms with Gasteiger partial charge in [0.05, 0.1) is 37.3 Å². The molecule has 0 unspecified atom stereocenters. The van der Waals surface area contributed by atoms with E-state index in [1.807, 2.05) is 0 Å². The minimum atomic E-state index is -0.697. The summed E-state index contributed by atoms with van der Waals surface area (Å²) in [5.41, 5.74) is 0.150. The molecular formula is C19H24ClNO7. The van der Waals surface area contributed by atoms with Gasteiger partial charge in [-0.2, -0.15) is 0 Å². The maximum Gasteiger partial charge on any atom is 0.338 e. The van der Waals surface area contributed by atoms with Crippen LogP contribution in [0.15, 0.2) is 12.1 Å². The van der Waals surface area contributed by atoms with Crippen molar-refractivity contribution < 1.29 is 33.3 Å². The van der Waals surface area contributed by atoms with Crippen LogP contribution in [-0.2, 0) is 19.1 Å². The Balaban J connectivity index is 1.89. The van der Waals surface area contributed by atoms with Crippen LogP contribution in [0.4, 0.5) is 0 Å². The van der Waals surface area contributed by atoms with Crippen LogP contribution < -0.4 is 9.47 Å². The molecule has 1 fully saturated rings. The number of amides is 1. The molecule has 0 aliphatic carbocycles. The molecule has 1 aliphatic heterocycles. The number of benzene rings is 1. The maximum atomic E-state index is 12.3. The first-order valence-electron chi connectivity index (χ1n) is 8.94. The second kappa shape index (κ2) is 10.2. The van der Waals surface area contributed by atoms with Crippen molar-refractivity contribution in [2.75, 3.05) is 40.5 Å². The average molecular weight is 414 g/mol. The topological polar surface area (TPSA) is 91.4 Å². The van der Waals surface area contributed by atoms with Crippen LogP contribution in [0.5, 0.6) is 11.5 Å². The normalized spacial score (nSPS) is 14.4. The summed E-state index contributed by atoms with van der Waals surface area (Å²) in [6.07, 6.45) is 1.06. The molecule has 1 heterocycles. The Morgan fingerprint density at radius 3 is 2.36 bits per heavy atom. The van der Waals surface area contributed by atoms with Crippen molar-refractivity contribution in [1.82, 2.24) is 4.90 Å². The molecule has 2 rings (SSSR count). The molecule has 28 heavy (non-hydrogen) atoms. The standard InChI is InChI=1S/C19H24ClNO7/c1-4-27-18(23)12-5-7-21(8-6-12)16(22)11-28-19(24)13-9-14(20)17(26-3)15(10-13)25-2/h9-10,12H,4-8,11H2,1-3H3. The molecule has 1 aromatic carbocycles. The van der Waals surface area contributed by atoms with E-state index in [2.05, 4.69) is 0 Å². The molecule has 1 aliphatic rings. The second-order valence-electron chi connectivity index (χ2n) is 6.18. The Kier molecular flexibility index (Phi) is 7.92. The van der Waals surface area contributed by atoms with E-state index in [0.29, 0.717) is 38.3 Å². The zero-order valence-electron chi connectivity index (χ0n) is 16.2. The Morgan fingerprint density at radius 2 is 1.79 bits per heavy atom. The summed E-state index contributed by atoms with van der Waals surface area (Å²) in [7, 11) is 2.86. The molecule has 0 atom stereocenters. The SMILES string of the molecule is CCOC(=O)C1CCN(C(=O)COC(=O)c2cc(Cl)c(OC)c(OC)c2)CC1. The van der Waals surface area contributed by atoms with Gasteiger partial charge in [-0.25, -0.2) is 4.79 Å². The Labute approximate surface area is 168 Å². The number of carbonyl (C=O) groups excluding carboxylic acids is 3. The Bertz CT molecular complexity index is 729. The van der Waals surface area contributed by atoms with Crippen LogP contribution in [0, 0.1) is 5.92 Å². The molecule has 1 aromatic rings. The van der Waals surface area contributed by atoms with Crippen LogP contribution in [0.2, 0.25) is 5.02 Å². The van der Waals surface area contributed by atoms with Crippen LogP contribution in [0.3, 0.4) is 0 Å². The molecule has 9 heteroatoms. The van der Waals surface area contributed by atoms with Crippen LogP contribution in [-0.4, -0.2) is 63.3 Å². The number of halogens is 1. The van der Waals surface area contributed by atoms with E-state index in [-0.39, 0.29) is 34.1 Å². The van der Waals surface area contributed by atoms with Crippen molar-refractivity contribution in [1.29, 1.82) is 0 Å². The number of carbonyl (C=O) groups is 3. The lowest BCUT2D eigenvalue weighted by molar-refractivity contribution is -0.151. The molecule has 0 radical (unpaired) electrons. The quantitative estimate of drug-likeness (QED) is 0.633. The van der Waals surface area contributed by atoms with Crippen molar-refractivity contribution in [2.45, 2.75) is 19.8 Å².